The lowest BCUT2D eigenvalue weighted by atomic mass is 10.1. The minimum atomic E-state index is -0.513. The number of pyridine rings is 1. The molecule has 5 rings (SSSR count). The lowest BCUT2D eigenvalue weighted by molar-refractivity contribution is -0.384. The number of benzene rings is 2. The number of nitrogens with zero attached hydrogens (tertiary/aromatic N) is 5. The Hall–Kier alpha value is -4.01. The summed E-state index contributed by atoms with van der Waals surface area (Å²) in [5.74, 6) is 1.19. The van der Waals surface area contributed by atoms with Crippen molar-refractivity contribution in [3.05, 3.63) is 68.8 Å². The first-order valence-electron chi connectivity index (χ1n) is 8.57. The normalized spacial score (nSPS) is 11.6. The molecule has 0 saturated heterocycles. The van der Waals surface area contributed by atoms with Gasteiger partial charge in [-0.25, -0.2) is 9.97 Å². The lowest BCUT2D eigenvalue weighted by Crippen LogP contribution is -2.16. The van der Waals surface area contributed by atoms with Gasteiger partial charge in [0, 0.05) is 24.6 Å². The minimum absolute atomic E-state index is 0.142. The monoisotopic (exact) mass is 374 g/mol. The fourth-order valence-corrected chi connectivity index (χ4v) is 3.63. The molecule has 0 bridgehead atoms. The van der Waals surface area contributed by atoms with Gasteiger partial charge in [-0.3, -0.25) is 20.0 Å². The third-order valence-corrected chi connectivity index (χ3v) is 4.91. The van der Waals surface area contributed by atoms with Gasteiger partial charge in [-0.15, -0.1) is 0 Å². The summed E-state index contributed by atoms with van der Waals surface area (Å²) in [6, 6.07) is 12.0. The molecule has 0 aliphatic rings. The number of nitrogens with one attached hydrogen (secondary N) is 1. The summed E-state index contributed by atoms with van der Waals surface area (Å²) >= 11 is 0. The minimum Gasteiger partial charge on any atom is -0.327 e. The van der Waals surface area contributed by atoms with E-state index >= 15 is 0 Å². The number of hydrogen-bond acceptors (Lipinski definition) is 5. The van der Waals surface area contributed by atoms with Crippen LogP contribution in [0.25, 0.3) is 38.8 Å². The van der Waals surface area contributed by atoms with Crippen LogP contribution < -0.4 is 5.56 Å². The Morgan fingerprint density at radius 2 is 1.89 bits per heavy atom. The predicted octanol–water partition coefficient (Wildman–Crippen LogP) is 2.95. The van der Waals surface area contributed by atoms with E-state index in [2.05, 4.69) is 10.1 Å². The Kier molecular flexibility index (Phi) is 3.17. The van der Waals surface area contributed by atoms with Crippen molar-refractivity contribution in [2.45, 2.75) is 6.92 Å². The maximum absolute atomic E-state index is 13.0. The molecule has 28 heavy (non-hydrogen) atoms. The van der Waals surface area contributed by atoms with E-state index in [0.29, 0.717) is 28.2 Å². The van der Waals surface area contributed by atoms with Gasteiger partial charge in [0.05, 0.1) is 26.9 Å². The summed E-state index contributed by atoms with van der Waals surface area (Å²) < 4.78 is 3.25. The van der Waals surface area contributed by atoms with Crippen LogP contribution in [-0.4, -0.2) is 29.1 Å². The zero-order chi connectivity index (χ0) is 19.6. The van der Waals surface area contributed by atoms with Gasteiger partial charge in [0.1, 0.15) is 11.6 Å². The third-order valence-electron chi connectivity index (χ3n) is 4.91. The number of aromatic amines is 1. The van der Waals surface area contributed by atoms with Crippen LogP contribution in [0.3, 0.4) is 0 Å². The van der Waals surface area contributed by atoms with Crippen molar-refractivity contribution >= 4 is 33.1 Å². The van der Waals surface area contributed by atoms with Crippen molar-refractivity contribution in [3.8, 4) is 11.4 Å². The Morgan fingerprint density at radius 1 is 1.11 bits per heavy atom. The Bertz CT molecular complexity index is 1490. The Morgan fingerprint density at radius 3 is 2.64 bits per heavy atom. The Balaban J connectivity index is 2.01. The first kappa shape index (κ1) is 16.2. The first-order valence-corrected chi connectivity index (χ1v) is 8.57. The number of para-hydroxylation sites is 2. The van der Waals surface area contributed by atoms with Crippen molar-refractivity contribution in [1.82, 2.24) is 24.1 Å². The molecular formula is C19H14N6O3. The second-order valence-electron chi connectivity index (χ2n) is 6.62. The van der Waals surface area contributed by atoms with E-state index in [1.807, 2.05) is 35.9 Å². The van der Waals surface area contributed by atoms with Gasteiger partial charge in [0.15, 0.2) is 5.65 Å². The fourth-order valence-electron chi connectivity index (χ4n) is 3.63. The molecule has 0 unspecified atom stereocenters. The number of hydrogen-bond donors (Lipinski definition) is 1. The third kappa shape index (κ3) is 2.10. The van der Waals surface area contributed by atoms with E-state index in [9.17, 15) is 14.9 Å². The largest absolute Gasteiger partial charge is 0.327 e. The van der Waals surface area contributed by atoms with E-state index in [1.54, 1.807) is 13.0 Å². The highest BCUT2D eigenvalue weighted by Crippen LogP contribution is 2.33. The van der Waals surface area contributed by atoms with Crippen molar-refractivity contribution in [3.63, 3.8) is 0 Å². The molecule has 0 aliphatic heterocycles. The SMILES string of the molecule is Cc1nc2c(-c3nc4ccccc4n3C)c3ccc([N+](=O)[O-])cc3c(=O)n2[nH]1. The molecule has 0 saturated carbocycles. The number of rotatable bonds is 2. The fraction of sp³-hybridized carbons (Fsp3) is 0.105. The van der Waals surface area contributed by atoms with Crippen molar-refractivity contribution in [2.75, 3.05) is 0 Å². The number of nitro benzene ring substituents is 1. The zero-order valence-electron chi connectivity index (χ0n) is 15.0. The van der Waals surface area contributed by atoms with Crippen molar-refractivity contribution in [1.29, 1.82) is 0 Å². The highest BCUT2D eigenvalue weighted by atomic mass is 16.6. The second-order valence-corrected chi connectivity index (χ2v) is 6.62. The molecule has 9 nitrogen and oxygen atoms in total. The summed E-state index contributed by atoms with van der Waals surface area (Å²) in [4.78, 5) is 32.9. The molecule has 0 spiro atoms. The van der Waals surface area contributed by atoms with E-state index in [1.165, 1.54) is 16.6 Å². The van der Waals surface area contributed by atoms with Gasteiger partial charge in [0.2, 0.25) is 0 Å². The highest BCUT2D eigenvalue weighted by Gasteiger charge is 2.22. The molecule has 3 heterocycles. The molecule has 1 N–H and O–H groups in total. The van der Waals surface area contributed by atoms with Gasteiger partial charge in [-0.05, 0) is 25.1 Å². The molecular weight excluding hydrogens is 360 g/mol. The van der Waals surface area contributed by atoms with E-state index in [-0.39, 0.29) is 11.1 Å². The average Bonchev–Trinajstić information content (AvgIpc) is 3.23. The smallest absolute Gasteiger partial charge is 0.279 e. The van der Waals surface area contributed by atoms with E-state index in [0.717, 1.165) is 11.0 Å². The van der Waals surface area contributed by atoms with Crippen LogP contribution in [0.5, 0.6) is 0 Å². The van der Waals surface area contributed by atoms with Crippen LogP contribution >= 0.6 is 0 Å². The molecule has 138 valence electrons. The van der Waals surface area contributed by atoms with Crippen LogP contribution in [-0.2, 0) is 7.05 Å². The van der Waals surface area contributed by atoms with Crippen molar-refractivity contribution in [2.24, 2.45) is 7.05 Å². The molecule has 5 aromatic rings. The van der Waals surface area contributed by atoms with Gasteiger partial charge < -0.3 is 4.57 Å². The number of nitro groups is 1. The number of aromatic nitrogens is 5. The molecule has 0 aliphatic carbocycles. The topological polar surface area (TPSA) is 111 Å². The van der Waals surface area contributed by atoms with Gasteiger partial charge in [-0.1, -0.05) is 12.1 Å². The lowest BCUT2D eigenvalue weighted by Gasteiger charge is -2.08. The van der Waals surface area contributed by atoms with Crippen LogP contribution in [0.15, 0.2) is 47.3 Å². The highest BCUT2D eigenvalue weighted by molar-refractivity contribution is 6.02. The summed E-state index contributed by atoms with van der Waals surface area (Å²) in [7, 11) is 1.89. The quantitative estimate of drug-likeness (QED) is 0.377. The second kappa shape index (κ2) is 5.49. The predicted molar refractivity (Wildman–Crippen MR) is 104 cm³/mol. The zero-order valence-corrected chi connectivity index (χ0v) is 15.0. The summed E-state index contributed by atoms with van der Waals surface area (Å²) in [6.07, 6.45) is 0. The molecule has 0 fully saturated rings. The first-order chi connectivity index (χ1) is 13.5. The maximum atomic E-state index is 13.0. The van der Waals surface area contributed by atoms with Crippen molar-refractivity contribution < 1.29 is 4.92 Å². The average molecular weight is 374 g/mol. The molecule has 9 heteroatoms. The molecule has 0 radical (unpaired) electrons. The van der Waals surface area contributed by atoms with Crippen LogP contribution in [0.4, 0.5) is 5.69 Å². The maximum Gasteiger partial charge on any atom is 0.279 e. The van der Waals surface area contributed by atoms with Gasteiger partial charge in [-0.2, -0.15) is 4.52 Å². The molecule has 0 atom stereocenters. The number of aryl methyl sites for hydroxylation is 2. The molecule has 0 amide bonds. The Labute approximate surface area is 157 Å². The van der Waals surface area contributed by atoms with Gasteiger partial charge in [0.25, 0.3) is 11.2 Å². The van der Waals surface area contributed by atoms with Crippen LogP contribution in [0.2, 0.25) is 0 Å². The van der Waals surface area contributed by atoms with Crippen LogP contribution in [0.1, 0.15) is 5.82 Å². The summed E-state index contributed by atoms with van der Waals surface area (Å²) in [5.41, 5.74) is 2.29. The van der Waals surface area contributed by atoms with Gasteiger partial charge >= 0.3 is 0 Å². The summed E-state index contributed by atoms with van der Waals surface area (Å²) in [5, 5.41) is 14.9. The van der Waals surface area contributed by atoms with E-state index in [4.69, 9.17) is 4.98 Å². The standard InChI is InChI=1S/C19H14N6O3/c1-10-20-18-16(17-21-14-5-3-4-6-15(14)23(17)2)12-8-7-11(25(27)28)9-13(12)19(26)24(18)22-10/h3-9H,1-2H3,(H,20,22). The van der Waals surface area contributed by atoms with E-state index < -0.39 is 10.5 Å². The number of H-pyrrole nitrogens is 1. The summed E-state index contributed by atoms with van der Waals surface area (Å²) in [6.45, 7) is 1.75. The molecule has 3 aromatic heterocycles. The molecule has 2 aromatic carbocycles. The number of fused-ring (bicyclic) bond motifs is 3. The van der Waals surface area contributed by atoms with Crippen LogP contribution in [0, 0.1) is 17.0 Å². The number of non-ortho nitro benzene ring substituents is 1. The number of imidazole rings is 1.